The Balaban J connectivity index is 1.66. The Labute approximate surface area is 190 Å². The molecule has 1 aromatic carbocycles. The predicted octanol–water partition coefficient (Wildman–Crippen LogP) is 4.75. The molecule has 4 rings (SSSR count). The molecule has 0 fully saturated rings. The Bertz CT molecular complexity index is 1200. The molecule has 0 radical (unpaired) electrons. The first-order valence-corrected chi connectivity index (χ1v) is 11.2. The number of hydrogen-bond acceptors (Lipinski definition) is 7. The second-order valence-electron chi connectivity index (χ2n) is 8.78. The summed E-state index contributed by atoms with van der Waals surface area (Å²) in [6.07, 6.45) is 1.44. The predicted molar refractivity (Wildman–Crippen MR) is 124 cm³/mol. The fraction of sp³-hybridized carbons (Fsp3) is 0.391. The zero-order chi connectivity index (χ0) is 23.0. The molecule has 1 N–H and O–H groups in total. The lowest BCUT2D eigenvalue weighted by molar-refractivity contribution is -0.114. The van der Waals surface area contributed by atoms with Crippen molar-refractivity contribution in [1.82, 2.24) is 14.9 Å². The van der Waals surface area contributed by atoms with Gasteiger partial charge in [0.25, 0.3) is 0 Å². The van der Waals surface area contributed by atoms with E-state index in [9.17, 15) is 9.59 Å². The highest BCUT2D eigenvalue weighted by Crippen LogP contribution is 2.34. The van der Waals surface area contributed by atoms with Crippen molar-refractivity contribution in [2.75, 3.05) is 18.5 Å². The van der Waals surface area contributed by atoms with Crippen LogP contribution in [0.1, 0.15) is 38.8 Å². The topological polar surface area (TPSA) is 93.7 Å². The van der Waals surface area contributed by atoms with E-state index in [1.165, 1.54) is 18.3 Å². The van der Waals surface area contributed by atoms with Crippen molar-refractivity contribution in [2.24, 2.45) is 0 Å². The maximum Gasteiger partial charge on any atom is 0.410 e. The minimum absolute atomic E-state index is 0.166. The smallest absolute Gasteiger partial charge is 0.410 e. The normalized spacial score (nSPS) is 13.8. The van der Waals surface area contributed by atoms with Crippen molar-refractivity contribution < 1.29 is 19.1 Å². The standard InChI is InChI=1S/C23H26N4O4S/c1-13-8-15(16-10-18-20(24-11-16)32-21(26-18)25-14(2)28)9-17-12-27(6-7-30-19(13)17)22(29)31-23(3,4)5/h8-11H,6-7,12H2,1-5H3,(H,25,26,28). The van der Waals surface area contributed by atoms with E-state index in [0.29, 0.717) is 24.8 Å². The van der Waals surface area contributed by atoms with Gasteiger partial charge in [0.05, 0.1) is 13.1 Å². The third-order valence-corrected chi connectivity index (χ3v) is 5.73. The number of benzene rings is 1. The van der Waals surface area contributed by atoms with Crippen LogP contribution >= 0.6 is 11.3 Å². The number of amides is 2. The Hall–Kier alpha value is -3.20. The number of aryl methyl sites for hydroxylation is 1. The Morgan fingerprint density at radius 3 is 2.72 bits per heavy atom. The molecule has 168 valence electrons. The number of nitrogens with one attached hydrogen (secondary N) is 1. The number of aromatic nitrogens is 2. The third-order valence-electron chi connectivity index (χ3n) is 4.84. The second kappa shape index (κ2) is 8.38. The van der Waals surface area contributed by atoms with Crippen LogP contribution < -0.4 is 10.1 Å². The molecule has 0 saturated carbocycles. The second-order valence-corrected chi connectivity index (χ2v) is 9.76. The van der Waals surface area contributed by atoms with Crippen LogP contribution in [0.3, 0.4) is 0 Å². The zero-order valence-corrected chi connectivity index (χ0v) is 19.6. The van der Waals surface area contributed by atoms with Crippen LogP contribution in [0.4, 0.5) is 9.93 Å². The molecule has 3 heterocycles. The summed E-state index contributed by atoms with van der Waals surface area (Å²) >= 11 is 1.33. The van der Waals surface area contributed by atoms with Crippen LogP contribution in [-0.4, -0.2) is 45.6 Å². The molecule has 0 bridgehead atoms. The average molecular weight is 455 g/mol. The summed E-state index contributed by atoms with van der Waals surface area (Å²) in [6, 6.07) is 6.02. The van der Waals surface area contributed by atoms with E-state index in [-0.39, 0.29) is 12.0 Å². The Kier molecular flexibility index (Phi) is 5.77. The first-order valence-electron chi connectivity index (χ1n) is 10.4. The van der Waals surface area contributed by atoms with Crippen molar-refractivity contribution in [3.63, 3.8) is 0 Å². The van der Waals surface area contributed by atoms with Crippen LogP contribution in [0.2, 0.25) is 0 Å². The Morgan fingerprint density at radius 1 is 1.22 bits per heavy atom. The summed E-state index contributed by atoms with van der Waals surface area (Å²) in [4.78, 5) is 35.4. The van der Waals surface area contributed by atoms with Crippen molar-refractivity contribution in [2.45, 2.75) is 46.8 Å². The fourth-order valence-electron chi connectivity index (χ4n) is 3.55. The SMILES string of the molecule is CC(=O)Nc1nc2cc(-c3cc(C)c4c(c3)CN(C(=O)OC(C)(C)C)CCO4)cnc2s1. The molecule has 2 amide bonds. The number of ether oxygens (including phenoxy) is 2. The van der Waals surface area contributed by atoms with E-state index < -0.39 is 5.60 Å². The number of thiazole rings is 1. The highest BCUT2D eigenvalue weighted by Gasteiger charge is 2.26. The number of carbonyl (C=O) groups excluding carboxylic acids is 2. The molecule has 0 spiro atoms. The summed E-state index contributed by atoms with van der Waals surface area (Å²) in [5.41, 5.74) is 3.92. The molecule has 3 aromatic rings. The molecule has 9 heteroatoms. The quantitative estimate of drug-likeness (QED) is 0.600. The first-order chi connectivity index (χ1) is 15.1. The maximum atomic E-state index is 12.6. The maximum absolute atomic E-state index is 12.6. The Morgan fingerprint density at radius 2 is 2.00 bits per heavy atom. The van der Waals surface area contributed by atoms with Crippen molar-refractivity contribution in [1.29, 1.82) is 0 Å². The number of carbonyl (C=O) groups is 2. The van der Waals surface area contributed by atoms with Gasteiger partial charge in [-0.3, -0.25) is 4.79 Å². The summed E-state index contributed by atoms with van der Waals surface area (Å²) in [5, 5.41) is 3.23. The van der Waals surface area contributed by atoms with Gasteiger partial charge in [-0.05, 0) is 57.0 Å². The molecule has 0 saturated heterocycles. The van der Waals surface area contributed by atoms with Gasteiger partial charge in [-0.25, -0.2) is 14.8 Å². The minimum Gasteiger partial charge on any atom is -0.491 e. The first kappa shape index (κ1) is 22.0. The summed E-state index contributed by atoms with van der Waals surface area (Å²) in [5.74, 6) is 0.635. The average Bonchev–Trinajstić information content (AvgIpc) is 2.93. The van der Waals surface area contributed by atoms with Crippen LogP contribution in [0, 0.1) is 6.92 Å². The van der Waals surface area contributed by atoms with Gasteiger partial charge in [0, 0.05) is 24.2 Å². The summed E-state index contributed by atoms with van der Waals surface area (Å²) < 4.78 is 11.5. The molecule has 2 aromatic heterocycles. The lowest BCUT2D eigenvalue weighted by Crippen LogP contribution is -2.37. The lowest BCUT2D eigenvalue weighted by atomic mass is 10.00. The number of nitrogens with zero attached hydrogens (tertiary/aromatic N) is 3. The number of hydrogen-bond donors (Lipinski definition) is 1. The number of rotatable bonds is 2. The fourth-order valence-corrected chi connectivity index (χ4v) is 4.38. The van der Waals surface area contributed by atoms with Gasteiger partial charge in [0.1, 0.15) is 28.3 Å². The monoisotopic (exact) mass is 454 g/mol. The minimum atomic E-state index is -0.560. The molecule has 32 heavy (non-hydrogen) atoms. The lowest BCUT2D eigenvalue weighted by Gasteiger charge is -2.26. The van der Waals surface area contributed by atoms with Crippen LogP contribution in [0.5, 0.6) is 5.75 Å². The van der Waals surface area contributed by atoms with Crippen molar-refractivity contribution in [3.05, 3.63) is 35.5 Å². The van der Waals surface area contributed by atoms with Gasteiger partial charge in [0.15, 0.2) is 5.13 Å². The molecule has 0 unspecified atom stereocenters. The molecule has 0 aliphatic carbocycles. The largest absolute Gasteiger partial charge is 0.491 e. The molecule has 8 nitrogen and oxygen atoms in total. The zero-order valence-electron chi connectivity index (χ0n) is 18.8. The highest BCUT2D eigenvalue weighted by atomic mass is 32.1. The molecule has 0 atom stereocenters. The van der Waals surface area contributed by atoms with Gasteiger partial charge in [-0.2, -0.15) is 0 Å². The van der Waals surface area contributed by atoms with Gasteiger partial charge in [-0.1, -0.05) is 11.3 Å². The van der Waals surface area contributed by atoms with Crippen LogP contribution in [0.15, 0.2) is 24.4 Å². The van der Waals surface area contributed by atoms with Crippen LogP contribution in [-0.2, 0) is 16.1 Å². The van der Waals surface area contributed by atoms with E-state index in [0.717, 1.165) is 38.4 Å². The summed E-state index contributed by atoms with van der Waals surface area (Å²) in [7, 11) is 0. The van der Waals surface area contributed by atoms with Crippen LogP contribution in [0.25, 0.3) is 21.5 Å². The van der Waals surface area contributed by atoms with Gasteiger partial charge >= 0.3 is 6.09 Å². The summed E-state index contributed by atoms with van der Waals surface area (Å²) in [6.45, 7) is 10.3. The molecular weight excluding hydrogens is 428 g/mol. The van der Waals surface area contributed by atoms with Gasteiger partial charge in [-0.15, -0.1) is 0 Å². The van der Waals surface area contributed by atoms with E-state index in [1.807, 2.05) is 45.9 Å². The number of pyridine rings is 1. The van der Waals surface area contributed by atoms with E-state index in [2.05, 4.69) is 15.3 Å². The highest BCUT2D eigenvalue weighted by molar-refractivity contribution is 7.21. The van der Waals surface area contributed by atoms with Crippen molar-refractivity contribution in [3.8, 4) is 16.9 Å². The van der Waals surface area contributed by atoms with E-state index in [4.69, 9.17) is 9.47 Å². The van der Waals surface area contributed by atoms with Crippen molar-refractivity contribution >= 4 is 38.8 Å². The van der Waals surface area contributed by atoms with Gasteiger partial charge < -0.3 is 19.7 Å². The number of anilines is 1. The molecule has 1 aliphatic heterocycles. The molecular formula is C23H26N4O4S. The molecule has 1 aliphatic rings. The van der Waals surface area contributed by atoms with E-state index in [1.54, 1.807) is 11.1 Å². The third kappa shape index (κ3) is 4.83. The number of fused-ring (bicyclic) bond motifs is 2. The van der Waals surface area contributed by atoms with Gasteiger partial charge in [0.2, 0.25) is 5.91 Å². The van der Waals surface area contributed by atoms with E-state index >= 15 is 0 Å².